The van der Waals surface area contributed by atoms with Crippen molar-refractivity contribution in [3.8, 4) is 0 Å². The molecule has 0 aromatic heterocycles. The Morgan fingerprint density at radius 1 is 1.27 bits per heavy atom. The van der Waals surface area contributed by atoms with Crippen molar-refractivity contribution >= 4 is 0 Å². The van der Waals surface area contributed by atoms with Gasteiger partial charge in [-0.3, -0.25) is 0 Å². The summed E-state index contributed by atoms with van der Waals surface area (Å²) in [6.45, 7) is 6.91. The lowest BCUT2D eigenvalue weighted by Crippen LogP contribution is -2.36. The van der Waals surface area contributed by atoms with Gasteiger partial charge in [-0.2, -0.15) is 0 Å². The van der Waals surface area contributed by atoms with E-state index in [9.17, 15) is 0 Å². The Morgan fingerprint density at radius 3 is 2.36 bits per heavy atom. The molecule has 0 bridgehead atoms. The zero-order valence-corrected chi connectivity index (χ0v) is 8.18. The van der Waals surface area contributed by atoms with Crippen LogP contribution in [-0.2, 0) is 4.74 Å². The topological polar surface area (TPSA) is 9.23 Å². The molecule has 3 unspecified atom stereocenters. The fourth-order valence-corrected chi connectivity index (χ4v) is 1.99. The molecule has 0 aromatic rings. The van der Waals surface area contributed by atoms with Gasteiger partial charge in [-0.05, 0) is 38.0 Å². The van der Waals surface area contributed by atoms with E-state index >= 15 is 0 Å². The van der Waals surface area contributed by atoms with Gasteiger partial charge in [-0.1, -0.05) is 13.8 Å². The molecule has 0 aliphatic heterocycles. The fourth-order valence-electron chi connectivity index (χ4n) is 1.99. The number of methoxy groups -OCH3 is 1. The van der Waals surface area contributed by atoms with Crippen LogP contribution in [0.5, 0.6) is 0 Å². The van der Waals surface area contributed by atoms with Gasteiger partial charge in [0.05, 0.1) is 5.60 Å². The number of hydrogen-bond acceptors (Lipinski definition) is 1. The van der Waals surface area contributed by atoms with E-state index in [-0.39, 0.29) is 5.60 Å². The van der Waals surface area contributed by atoms with Crippen LogP contribution in [0.3, 0.4) is 0 Å². The lowest BCUT2D eigenvalue weighted by atomic mass is 9.74. The van der Waals surface area contributed by atoms with E-state index in [4.69, 9.17) is 4.74 Å². The third-order valence-electron chi connectivity index (χ3n) is 3.35. The molecule has 1 fully saturated rings. The van der Waals surface area contributed by atoms with Gasteiger partial charge in [0.15, 0.2) is 0 Å². The zero-order valence-electron chi connectivity index (χ0n) is 8.18. The number of ether oxygens (including phenoxy) is 1. The average molecular weight is 156 g/mol. The Hall–Kier alpha value is -0.0400. The van der Waals surface area contributed by atoms with Gasteiger partial charge >= 0.3 is 0 Å². The summed E-state index contributed by atoms with van der Waals surface area (Å²) in [6, 6.07) is 0. The van der Waals surface area contributed by atoms with Crippen LogP contribution in [0, 0.1) is 11.8 Å². The second-order valence-electron chi connectivity index (χ2n) is 4.35. The van der Waals surface area contributed by atoms with Gasteiger partial charge in [0.2, 0.25) is 0 Å². The van der Waals surface area contributed by atoms with Gasteiger partial charge in [-0.15, -0.1) is 0 Å². The summed E-state index contributed by atoms with van der Waals surface area (Å²) in [5.41, 5.74) is 0.173. The molecule has 11 heavy (non-hydrogen) atoms. The molecule has 0 heterocycles. The number of rotatable bonds is 1. The van der Waals surface area contributed by atoms with Gasteiger partial charge < -0.3 is 4.74 Å². The minimum absolute atomic E-state index is 0.173. The van der Waals surface area contributed by atoms with Crippen LogP contribution in [0.25, 0.3) is 0 Å². The molecule has 1 aliphatic carbocycles. The summed E-state index contributed by atoms with van der Waals surface area (Å²) in [6.07, 6.45) is 3.78. The lowest BCUT2D eigenvalue weighted by molar-refractivity contribution is -0.0495. The Labute approximate surface area is 70.1 Å². The van der Waals surface area contributed by atoms with Crippen LogP contribution >= 0.6 is 0 Å². The van der Waals surface area contributed by atoms with Crippen LogP contribution < -0.4 is 0 Å². The molecule has 1 heteroatoms. The monoisotopic (exact) mass is 156 g/mol. The molecule has 3 atom stereocenters. The first-order chi connectivity index (χ1) is 5.07. The predicted molar refractivity (Wildman–Crippen MR) is 47.6 cm³/mol. The quantitative estimate of drug-likeness (QED) is 0.567. The van der Waals surface area contributed by atoms with Crippen LogP contribution in [-0.4, -0.2) is 12.7 Å². The van der Waals surface area contributed by atoms with Gasteiger partial charge in [0.1, 0.15) is 0 Å². The molecule has 0 amide bonds. The molecular weight excluding hydrogens is 136 g/mol. The van der Waals surface area contributed by atoms with Crippen molar-refractivity contribution in [2.75, 3.05) is 7.11 Å². The Morgan fingerprint density at radius 2 is 1.91 bits per heavy atom. The normalized spacial score (nSPS) is 45.8. The molecular formula is C10H20O. The minimum atomic E-state index is 0.173. The third kappa shape index (κ3) is 1.96. The molecule has 1 saturated carbocycles. The van der Waals surface area contributed by atoms with Crippen LogP contribution in [0.1, 0.15) is 40.0 Å². The van der Waals surface area contributed by atoms with E-state index in [1.54, 1.807) is 0 Å². The highest BCUT2D eigenvalue weighted by atomic mass is 16.5. The highest BCUT2D eigenvalue weighted by molar-refractivity contribution is 4.85. The summed E-state index contributed by atoms with van der Waals surface area (Å²) < 4.78 is 5.50. The fraction of sp³-hybridized carbons (Fsp3) is 1.00. The minimum Gasteiger partial charge on any atom is -0.379 e. The van der Waals surface area contributed by atoms with E-state index in [0.717, 1.165) is 11.8 Å². The molecule has 1 aliphatic rings. The van der Waals surface area contributed by atoms with Crippen LogP contribution in [0.2, 0.25) is 0 Å². The molecule has 0 aromatic carbocycles. The summed E-state index contributed by atoms with van der Waals surface area (Å²) in [4.78, 5) is 0. The van der Waals surface area contributed by atoms with Crippen molar-refractivity contribution in [2.45, 2.75) is 45.6 Å². The predicted octanol–water partition coefficient (Wildman–Crippen LogP) is 2.85. The van der Waals surface area contributed by atoms with Crippen LogP contribution in [0.4, 0.5) is 0 Å². The maximum atomic E-state index is 5.50. The van der Waals surface area contributed by atoms with Crippen molar-refractivity contribution in [2.24, 2.45) is 11.8 Å². The van der Waals surface area contributed by atoms with Crippen LogP contribution in [0.15, 0.2) is 0 Å². The van der Waals surface area contributed by atoms with Crippen molar-refractivity contribution in [1.29, 1.82) is 0 Å². The molecule has 66 valence electrons. The smallest absolute Gasteiger partial charge is 0.0653 e. The molecule has 0 N–H and O–H groups in total. The SMILES string of the molecule is COC1(C)CCC(C)C(C)C1. The van der Waals surface area contributed by atoms with Gasteiger partial charge in [-0.25, -0.2) is 0 Å². The van der Waals surface area contributed by atoms with E-state index in [2.05, 4.69) is 20.8 Å². The first kappa shape index (κ1) is 9.05. The Balaban J connectivity index is 2.51. The van der Waals surface area contributed by atoms with E-state index < -0.39 is 0 Å². The maximum Gasteiger partial charge on any atom is 0.0653 e. The molecule has 1 rings (SSSR count). The van der Waals surface area contributed by atoms with E-state index in [0.29, 0.717) is 0 Å². The van der Waals surface area contributed by atoms with Crippen molar-refractivity contribution in [3.63, 3.8) is 0 Å². The largest absolute Gasteiger partial charge is 0.379 e. The summed E-state index contributed by atoms with van der Waals surface area (Å²) in [5, 5.41) is 0. The lowest BCUT2D eigenvalue weighted by Gasteiger charge is -2.39. The van der Waals surface area contributed by atoms with Gasteiger partial charge in [0, 0.05) is 7.11 Å². The first-order valence-electron chi connectivity index (χ1n) is 4.62. The highest BCUT2D eigenvalue weighted by Crippen LogP contribution is 2.37. The molecule has 0 radical (unpaired) electrons. The second kappa shape index (κ2) is 3.14. The van der Waals surface area contributed by atoms with Crippen molar-refractivity contribution in [3.05, 3.63) is 0 Å². The third-order valence-corrected chi connectivity index (χ3v) is 3.35. The van der Waals surface area contributed by atoms with E-state index in [1.165, 1.54) is 19.3 Å². The van der Waals surface area contributed by atoms with E-state index in [1.807, 2.05) is 7.11 Å². The Bertz CT molecular complexity index is 133. The Kier molecular flexibility index (Phi) is 2.58. The molecule has 0 spiro atoms. The first-order valence-corrected chi connectivity index (χ1v) is 4.62. The van der Waals surface area contributed by atoms with Gasteiger partial charge in [0.25, 0.3) is 0 Å². The number of hydrogen-bond donors (Lipinski definition) is 0. The molecule has 0 saturated heterocycles. The maximum absolute atomic E-state index is 5.50. The average Bonchev–Trinajstić information content (AvgIpc) is 1.98. The van der Waals surface area contributed by atoms with Crippen molar-refractivity contribution in [1.82, 2.24) is 0 Å². The second-order valence-corrected chi connectivity index (χ2v) is 4.35. The summed E-state index contributed by atoms with van der Waals surface area (Å²) in [5.74, 6) is 1.71. The zero-order chi connectivity index (χ0) is 8.48. The summed E-state index contributed by atoms with van der Waals surface area (Å²) in [7, 11) is 1.84. The summed E-state index contributed by atoms with van der Waals surface area (Å²) >= 11 is 0. The standard InChI is InChI=1S/C10H20O/c1-8-5-6-10(3,11-4)7-9(8)2/h8-9H,5-7H2,1-4H3. The highest BCUT2D eigenvalue weighted by Gasteiger charge is 2.33. The van der Waals surface area contributed by atoms with Crippen molar-refractivity contribution < 1.29 is 4.74 Å². The molecule has 1 nitrogen and oxygen atoms in total.